The van der Waals surface area contributed by atoms with Crippen LogP contribution < -0.4 is 0 Å². The zero-order valence-corrected chi connectivity index (χ0v) is 8.74. The molecule has 0 saturated carbocycles. The second-order valence-corrected chi connectivity index (χ2v) is 4.04. The zero-order valence-electron chi connectivity index (χ0n) is 8.74. The van der Waals surface area contributed by atoms with Crippen LogP contribution in [-0.2, 0) is 11.3 Å². The number of amides is 1. The van der Waals surface area contributed by atoms with Crippen molar-refractivity contribution in [2.75, 3.05) is 0 Å². The van der Waals surface area contributed by atoms with Gasteiger partial charge in [0.05, 0.1) is 0 Å². The smallest absolute Gasteiger partial charge is 0.223 e. The van der Waals surface area contributed by atoms with Crippen LogP contribution in [0.5, 0.6) is 0 Å². The summed E-state index contributed by atoms with van der Waals surface area (Å²) in [6.45, 7) is 2.65. The number of benzene rings is 1. The lowest BCUT2D eigenvalue weighted by molar-refractivity contribution is -0.129. The average molecular weight is 207 g/mol. The summed E-state index contributed by atoms with van der Waals surface area (Å²) in [7, 11) is 0. The molecule has 1 heterocycles. The quantitative estimate of drug-likeness (QED) is 0.729. The Balaban J connectivity index is 2.08. The minimum Gasteiger partial charge on any atom is -0.336 e. The number of nitrogens with zero attached hydrogens (tertiary/aromatic N) is 1. The number of carbonyl (C=O) groups excluding carboxylic acids is 1. The Hall–Kier alpha value is -1.38. The van der Waals surface area contributed by atoms with Gasteiger partial charge in [-0.1, -0.05) is 12.1 Å². The highest BCUT2D eigenvalue weighted by Gasteiger charge is 2.26. The van der Waals surface area contributed by atoms with Crippen molar-refractivity contribution in [3.05, 3.63) is 35.6 Å². The van der Waals surface area contributed by atoms with Gasteiger partial charge in [-0.15, -0.1) is 0 Å². The molecule has 1 aromatic rings. The predicted molar refractivity (Wildman–Crippen MR) is 55.6 cm³/mol. The summed E-state index contributed by atoms with van der Waals surface area (Å²) < 4.78 is 12.7. The normalized spacial score (nSPS) is 21.1. The van der Waals surface area contributed by atoms with E-state index in [1.807, 2.05) is 4.90 Å². The largest absolute Gasteiger partial charge is 0.336 e. The Morgan fingerprint density at radius 3 is 2.60 bits per heavy atom. The van der Waals surface area contributed by atoms with Crippen molar-refractivity contribution in [2.45, 2.75) is 32.4 Å². The Kier molecular flexibility index (Phi) is 2.71. The van der Waals surface area contributed by atoms with Gasteiger partial charge in [0.1, 0.15) is 5.82 Å². The molecule has 2 rings (SSSR count). The number of rotatable bonds is 2. The molecular formula is C12H14FNO. The number of hydrogen-bond acceptors (Lipinski definition) is 1. The highest BCUT2D eigenvalue weighted by Crippen LogP contribution is 2.20. The molecule has 3 heteroatoms. The van der Waals surface area contributed by atoms with E-state index in [2.05, 4.69) is 6.92 Å². The number of halogens is 1. The monoisotopic (exact) mass is 207 g/mol. The molecule has 80 valence electrons. The van der Waals surface area contributed by atoms with Gasteiger partial charge in [-0.2, -0.15) is 0 Å². The molecule has 1 fully saturated rings. The first-order valence-electron chi connectivity index (χ1n) is 5.21. The van der Waals surface area contributed by atoms with Crippen LogP contribution in [0.3, 0.4) is 0 Å². The van der Waals surface area contributed by atoms with Gasteiger partial charge in [-0.05, 0) is 31.0 Å². The minimum absolute atomic E-state index is 0.201. The first-order chi connectivity index (χ1) is 7.16. The zero-order chi connectivity index (χ0) is 10.8. The Morgan fingerprint density at radius 2 is 2.07 bits per heavy atom. The lowest BCUT2D eigenvalue weighted by atomic mass is 10.2. The fourth-order valence-electron chi connectivity index (χ4n) is 1.91. The van der Waals surface area contributed by atoms with Crippen LogP contribution in [0.1, 0.15) is 25.3 Å². The number of likely N-dealkylation sites (tertiary alicyclic amines) is 1. The van der Waals surface area contributed by atoms with E-state index in [0.717, 1.165) is 12.0 Å². The molecule has 0 bridgehead atoms. The summed E-state index contributed by atoms with van der Waals surface area (Å²) in [5.41, 5.74) is 0.985. The van der Waals surface area contributed by atoms with Crippen molar-refractivity contribution in [1.29, 1.82) is 0 Å². The molecule has 1 atom stereocenters. The summed E-state index contributed by atoms with van der Waals surface area (Å²) in [5.74, 6) is -0.0358. The molecular weight excluding hydrogens is 193 g/mol. The van der Waals surface area contributed by atoms with E-state index < -0.39 is 0 Å². The van der Waals surface area contributed by atoms with E-state index in [1.165, 1.54) is 12.1 Å². The van der Waals surface area contributed by atoms with Crippen LogP contribution in [-0.4, -0.2) is 16.8 Å². The van der Waals surface area contributed by atoms with Gasteiger partial charge in [0.25, 0.3) is 0 Å². The van der Waals surface area contributed by atoms with Gasteiger partial charge in [-0.25, -0.2) is 4.39 Å². The van der Waals surface area contributed by atoms with E-state index in [9.17, 15) is 9.18 Å². The predicted octanol–water partition coefficient (Wildman–Crippen LogP) is 2.34. The van der Waals surface area contributed by atoms with Crippen molar-refractivity contribution in [1.82, 2.24) is 4.90 Å². The fourth-order valence-corrected chi connectivity index (χ4v) is 1.91. The van der Waals surface area contributed by atoms with E-state index in [-0.39, 0.29) is 11.7 Å². The SMILES string of the molecule is C[C@H]1CCC(=O)N1Cc1ccc(F)cc1. The third-order valence-corrected chi connectivity index (χ3v) is 2.89. The first-order valence-corrected chi connectivity index (χ1v) is 5.21. The summed E-state index contributed by atoms with van der Waals surface area (Å²) >= 11 is 0. The minimum atomic E-state index is -0.237. The Morgan fingerprint density at radius 1 is 1.40 bits per heavy atom. The van der Waals surface area contributed by atoms with Gasteiger partial charge in [-0.3, -0.25) is 4.79 Å². The van der Waals surface area contributed by atoms with Crippen molar-refractivity contribution < 1.29 is 9.18 Å². The molecule has 0 spiro atoms. The van der Waals surface area contributed by atoms with Crippen molar-refractivity contribution in [3.63, 3.8) is 0 Å². The van der Waals surface area contributed by atoms with Crippen LogP contribution >= 0.6 is 0 Å². The highest BCUT2D eigenvalue weighted by molar-refractivity contribution is 5.78. The fraction of sp³-hybridized carbons (Fsp3) is 0.417. The van der Waals surface area contributed by atoms with E-state index >= 15 is 0 Å². The molecule has 1 aliphatic heterocycles. The second kappa shape index (κ2) is 4.01. The molecule has 1 saturated heterocycles. The molecule has 0 aromatic heterocycles. The topological polar surface area (TPSA) is 20.3 Å². The molecule has 0 N–H and O–H groups in total. The van der Waals surface area contributed by atoms with Gasteiger partial charge in [0.2, 0.25) is 5.91 Å². The van der Waals surface area contributed by atoms with E-state index in [1.54, 1.807) is 12.1 Å². The third kappa shape index (κ3) is 2.17. The van der Waals surface area contributed by atoms with Crippen molar-refractivity contribution in [3.8, 4) is 0 Å². The molecule has 0 aliphatic carbocycles. The Bertz CT molecular complexity index is 360. The molecule has 0 unspecified atom stereocenters. The van der Waals surface area contributed by atoms with Gasteiger partial charge < -0.3 is 4.90 Å². The van der Waals surface area contributed by atoms with E-state index in [4.69, 9.17) is 0 Å². The number of hydrogen-bond donors (Lipinski definition) is 0. The second-order valence-electron chi connectivity index (χ2n) is 4.04. The lowest BCUT2D eigenvalue weighted by Crippen LogP contribution is -2.30. The first kappa shape index (κ1) is 10.1. The van der Waals surface area contributed by atoms with Gasteiger partial charge >= 0.3 is 0 Å². The summed E-state index contributed by atoms with van der Waals surface area (Å²) in [6, 6.07) is 6.63. The van der Waals surface area contributed by atoms with Crippen molar-refractivity contribution in [2.24, 2.45) is 0 Å². The summed E-state index contributed by atoms with van der Waals surface area (Å²) in [5, 5.41) is 0. The van der Waals surface area contributed by atoms with Crippen LogP contribution in [0.2, 0.25) is 0 Å². The maximum atomic E-state index is 12.7. The molecule has 1 aliphatic rings. The maximum Gasteiger partial charge on any atom is 0.223 e. The maximum absolute atomic E-state index is 12.7. The Labute approximate surface area is 88.7 Å². The van der Waals surface area contributed by atoms with Crippen LogP contribution in [0.4, 0.5) is 4.39 Å². The van der Waals surface area contributed by atoms with Crippen LogP contribution in [0, 0.1) is 5.82 Å². The van der Waals surface area contributed by atoms with Gasteiger partial charge in [0.15, 0.2) is 0 Å². The molecule has 1 amide bonds. The standard InChI is InChI=1S/C12H14FNO/c1-9-2-7-12(15)14(9)8-10-3-5-11(13)6-4-10/h3-6,9H,2,7-8H2,1H3/t9-/m0/s1. The molecule has 1 aromatic carbocycles. The number of carbonyl (C=O) groups is 1. The van der Waals surface area contributed by atoms with Crippen molar-refractivity contribution >= 4 is 5.91 Å². The average Bonchev–Trinajstić information content (AvgIpc) is 2.53. The highest BCUT2D eigenvalue weighted by atomic mass is 19.1. The van der Waals surface area contributed by atoms with Crippen LogP contribution in [0.15, 0.2) is 24.3 Å². The summed E-state index contributed by atoms with van der Waals surface area (Å²) in [4.78, 5) is 13.4. The van der Waals surface area contributed by atoms with Gasteiger partial charge in [0, 0.05) is 19.0 Å². The lowest BCUT2D eigenvalue weighted by Gasteiger charge is -2.21. The summed E-state index contributed by atoms with van der Waals surface area (Å²) in [6.07, 6.45) is 1.57. The third-order valence-electron chi connectivity index (χ3n) is 2.89. The molecule has 0 radical (unpaired) electrons. The molecule has 15 heavy (non-hydrogen) atoms. The van der Waals surface area contributed by atoms with Crippen LogP contribution in [0.25, 0.3) is 0 Å². The molecule has 2 nitrogen and oxygen atoms in total. The van der Waals surface area contributed by atoms with E-state index in [0.29, 0.717) is 19.0 Å².